The fourth-order valence-electron chi connectivity index (χ4n) is 2.41. The van der Waals surface area contributed by atoms with E-state index < -0.39 is 9.84 Å². The van der Waals surface area contributed by atoms with Gasteiger partial charge in [-0.1, -0.05) is 19.4 Å². The van der Waals surface area contributed by atoms with E-state index in [1.807, 2.05) is 13.0 Å². The van der Waals surface area contributed by atoms with Gasteiger partial charge in [0, 0.05) is 6.04 Å². The predicted molar refractivity (Wildman–Crippen MR) is 68.3 cm³/mol. The highest BCUT2D eigenvalue weighted by atomic mass is 32.2. The highest BCUT2D eigenvalue weighted by Gasteiger charge is 2.34. The lowest BCUT2D eigenvalue weighted by Gasteiger charge is -2.30. The van der Waals surface area contributed by atoms with Crippen LogP contribution in [0.25, 0.3) is 0 Å². The predicted octanol–water partition coefficient (Wildman–Crippen LogP) is 1.90. The lowest BCUT2D eigenvalue weighted by molar-refractivity contribution is 0.426. The Balaban J connectivity index is 2.70. The Morgan fingerprint density at radius 3 is 2.81 bits per heavy atom. The number of hydrogen-bond donors (Lipinski definition) is 1. The molecule has 0 spiro atoms. The van der Waals surface area contributed by atoms with Gasteiger partial charge in [0.2, 0.25) is 0 Å². The normalized spacial score (nSPS) is 26.2. The van der Waals surface area contributed by atoms with Crippen molar-refractivity contribution in [2.24, 2.45) is 0 Å². The fourth-order valence-corrected chi connectivity index (χ4v) is 4.58. The monoisotopic (exact) mass is 245 g/mol. The van der Waals surface area contributed by atoms with Crippen LogP contribution in [-0.2, 0) is 9.84 Å². The molecule has 4 heteroatoms. The molecular formula is C12H23NO2S. The fraction of sp³-hybridized carbons (Fsp3) is 0.833. The maximum atomic E-state index is 12.0. The third-order valence-corrected chi connectivity index (χ3v) is 5.57. The van der Waals surface area contributed by atoms with Crippen LogP contribution in [0, 0.1) is 0 Å². The zero-order valence-electron chi connectivity index (χ0n) is 10.1. The summed E-state index contributed by atoms with van der Waals surface area (Å²) in [5.41, 5.74) is 0. The molecule has 2 atom stereocenters. The number of hydrogen-bond acceptors (Lipinski definition) is 3. The summed E-state index contributed by atoms with van der Waals surface area (Å²) in [7, 11) is -2.87. The molecule has 0 aromatic carbocycles. The Hall–Kier alpha value is -0.350. The van der Waals surface area contributed by atoms with Crippen molar-refractivity contribution in [1.82, 2.24) is 5.32 Å². The second-order valence-corrected chi connectivity index (χ2v) is 6.77. The average molecular weight is 245 g/mol. The number of nitrogens with one attached hydrogen (secondary N) is 1. The van der Waals surface area contributed by atoms with Crippen LogP contribution in [0.15, 0.2) is 12.7 Å². The molecule has 2 unspecified atom stereocenters. The van der Waals surface area contributed by atoms with Gasteiger partial charge in [-0.25, -0.2) is 8.42 Å². The van der Waals surface area contributed by atoms with Crippen molar-refractivity contribution in [2.45, 2.75) is 50.3 Å². The minimum Gasteiger partial charge on any atom is -0.313 e. The molecule has 16 heavy (non-hydrogen) atoms. The van der Waals surface area contributed by atoms with Gasteiger partial charge in [-0.2, -0.15) is 0 Å². The van der Waals surface area contributed by atoms with Gasteiger partial charge in [-0.15, -0.1) is 6.58 Å². The molecule has 0 aromatic rings. The summed E-state index contributed by atoms with van der Waals surface area (Å²) in [4.78, 5) is 0. The van der Waals surface area contributed by atoms with Crippen LogP contribution < -0.4 is 5.32 Å². The van der Waals surface area contributed by atoms with E-state index in [1.165, 1.54) is 0 Å². The van der Waals surface area contributed by atoms with E-state index in [0.717, 1.165) is 38.6 Å². The van der Waals surface area contributed by atoms with Crippen molar-refractivity contribution in [3.63, 3.8) is 0 Å². The molecule has 94 valence electrons. The second kappa shape index (κ2) is 6.40. The minimum atomic E-state index is -2.87. The molecule has 0 radical (unpaired) electrons. The summed E-state index contributed by atoms with van der Waals surface area (Å²) >= 11 is 0. The first-order valence-corrected chi connectivity index (χ1v) is 7.89. The van der Waals surface area contributed by atoms with Gasteiger partial charge in [-0.3, -0.25) is 0 Å². The number of sulfone groups is 1. The maximum absolute atomic E-state index is 12.0. The van der Waals surface area contributed by atoms with Crippen LogP contribution in [0.1, 0.15) is 39.0 Å². The van der Waals surface area contributed by atoms with Gasteiger partial charge < -0.3 is 5.32 Å². The molecule has 1 heterocycles. The number of allylic oxidation sites excluding steroid dienone is 1. The molecule has 3 nitrogen and oxygen atoms in total. The smallest absolute Gasteiger partial charge is 0.154 e. The molecule has 0 bridgehead atoms. The molecule has 0 amide bonds. The summed E-state index contributed by atoms with van der Waals surface area (Å²) in [6.45, 7) is 6.55. The van der Waals surface area contributed by atoms with Gasteiger partial charge >= 0.3 is 0 Å². The molecule has 1 N–H and O–H groups in total. The zero-order chi connectivity index (χ0) is 12.0. The molecule has 1 aliphatic rings. The highest BCUT2D eigenvalue weighted by molar-refractivity contribution is 7.92. The van der Waals surface area contributed by atoms with Crippen LogP contribution in [0.3, 0.4) is 0 Å². The van der Waals surface area contributed by atoms with Crippen LogP contribution in [0.2, 0.25) is 0 Å². The van der Waals surface area contributed by atoms with Gasteiger partial charge in [0.1, 0.15) is 0 Å². The van der Waals surface area contributed by atoms with Crippen LogP contribution in [0.5, 0.6) is 0 Å². The molecule has 0 aromatic heterocycles. The third-order valence-electron chi connectivity index (χ3n) is 3.23. The van der Waals surface area contributed by atoms with E-state index in [9.17, 15) is 8.42 Å². The van der Waals surface area contributed by atoms with E-state index in [0.29, 0.717) is 5.75 Å². The topological polar surface area (TPSA) is 46.2 Å². The highest BCUT2D eigenvalue weighted by Crippen LogP contribution is 2.24. The Morgan fingerprint density at radius 2 is 2.25 bits per heavy atom. The van der Waals surface area contributed by atoms with Crippen LogP contribution in [0.4, 0.5) is 0 Å². The summed E-state index contributed by atoms with van der Waals surface area (Å²) < 4.78 is 24.0. The SMILES string of the molecule is C=CCCC(NCC)C1CCCCS1(=O)=O. The average Bonchev–Trinajstić information content (AvgIpc) is 2.24. The van der Waals surface area contributed by atoms with Crippen molar-refractivity contribution >= 4 is 9.84 Å². The quantitative estimate of drug-likeness (QED) is 0.727. The summed E-state index contributed by atoms with van der Waals surface area (Å²) in [6.07, 6.45) is 6.31. The van der Waals surface area contributed by atoms with Crippen LogP contribution in [-0.4, -0.2) is 32.0 Å². The minimum absolute atomic E-state index is 0.105. The lowest BCUT2D eigenvalue weighted by atomic mass is 10.0. The second-order valence-electron chi connectivity index (χ2n) is 4.43. The Bertz CT molecular complexity index is 311. The standard InChI is InChI=1S/C12H23NO2S/c1-3-5-8-11(13-4-2)12-9-6-7-10-16(12,14)15/h3,11-13H,1,4-10H2,2H3. The molecule has 1 fully saturated rings. The summed E-state index contributed by atoms with van der Waals surface area (Å²) in [5, 5.41) is 3.14. The van der Waals surface area contributed by atoms with Crippen molar-refractivity contribution in [3.05, 3.63) is 12.7 Å². The van der Waals surface area contributed by atoms with Crippen LogP contribution >= 0.6 is 0 Å². The first-order chi connectivity index (χ1) is 7.61. The molecule has 0 saturated carbocycles. The Labute approximate surface area is 99.2 Å². The largest absolute Gasteiger partial charge is 0.313 e. The molecule has 1 rings (SSSR count). The van der Waals surface area contributed by atoms with Gasteiger partial charge in [0.25, 0.3) is 0 Å². The van der Waals surface area contributed by atoms with E-state index >= 15 is 0 Å². The Morgan fingerprint density at radius 1 is 1.50 bits per heavy atom. The van der Waals surface area contributed by atoms with E-state index in [1.54, 1.807) is 0 Å². The zero-order valence-corrected chi connectivity index (χ0v) is 10.9. The van der Waals surface area contributed by atoms with Crippen molar-refractivity contribution in [2.75, 3.05) is 12.3 Å². The molecule has 1 aliphatic heterocycles. The third kappa shape index (κ3) is 3.59. The first-order valence-electron chi connectivity index (χ1n) is 6.17. The van der Waals surface area contributed by atoms with E-state index in [2.05, 4.69) is 11.9 Å². The van der Waals surface area contributed by atoms with Gasteiger partial charge in [0.05, 0.1) is 11.0 Å². The summed E-state index contributed by atoms with van der Waals surface area (Å²) in [6, 6.07) is 0.105. The Kier molecular flexibility index (Phi) is 5.49. The lowest BCUT2D eigenvalue weighted by Crippen LogP contribution is -2.46. The summed E-state index contributed by atoms with van der Waals surface area (Å²) in [5.74, 6) is 0.369. The van der Waals surface area contributed by atoms with E-state index in [-0.39, 0.29) is 11.3 Å². The molecule has 0 aliphatic carbocycles. The van der Waals surface area contributed by atoms with Crippen molar-refractivity contribution in [3.8, 4) is 0 Å². The molecule has 1 saturated heterocycles. The van der Waals surface area contributed by atoms with Gasteiger partial charge in [-0.05, 0) is 32.2 Å². The number of rotatable bonds is 6. The van der Waals surface area contributed by atoms with E-state index in [4.69, 9.17) is 0 Å². The van der Waals surface area contributed by atoms with Crippen molar-refractivity contribution < 1.29 is 8.42 Å². The van der Waals surface area contributed by atoms with Gasteiger partial charge in [0.15, 0.2) is 9.84 Å². The maximum Gasteiger partial charge on any atom is 0.154 e. The van der Waals surface area contributed by atoms with Crippen molar-refractivity contribution in [1.29, 1.82) is 0 Å². The molecular weight excluding hydrogens is 222 g/mol. The first kappa shape index (κ1) is 13.7.